The van der Waals surface area contributed by atoms with E-state index in [1.807, 2.05) is 24.4 Å². The maximum absolute atomic E-state index is 11.4. The molecule has 2 N–H and O–H groups in total. The summed E-state index contributed by atoms with van der Waals surface area (Å²) >= 11 is 0. The van der Waals surface area contributed by atoms with Gasteiger partial charge < -0.3 is 9.52 Å². The molecule has 0 spiro atoms. The fourth-order valence-corrected chi connectivity index (χ4v) is 3.86. The number of piperidine rings is 1. The molecule has 6 heteroatoms. The van der Waals surface area contributed by atoms with E-state index in [1.54, 1.807) is 18.2 Å². The highest BCUT2D eigenvalue weighted by Crippen LogP contribution is 2.30. The highest BCUT2D eigenvalue weighted by molar-refractivity contribution is 5.95. The number of carbonyl (C=O) groups is 1. The van der Waals surface area contributed by atoms with Gasteiger partial charge >= 0.3 is 5.97 Å². The van der Waals surface area contributed by atoms with Crippen LogP contribution in [0.5, 0.6) is 0 Å². The molecule has 0 amide bonds. The number of likely N-dealkylation sites (tertiary alicyclic amines) is 1. The van der Waals surface area contributed by atoms with Crippen LogP contribution >= 0.6 is 0 Å². The summed E-state index contributed by atoms with van der Waals surface area (Å²) < 4.78 is 5.96. The number of nitrogens with one attached hydrogen (secondary N) is 1. The molecule has 27 heavy (non-hydrogen) atoms. The van der Waals surface area contributed by atoms with Gasteiger partial charge in [-0.2, -0.15) is 5.10 Å². The third kappa shape index (κ3) is 3.66. The molecule has 4 rings (SSSR count). The smallest absolute Gasteiger partial charge is 0.336 e. The van der Waals surface area contributed by atoms with Crippen LogP contribution in [0.3, 0.4) is 0 Å². The SMILES string of the molecule is Cc1cn[nH]c1C1CCN(Cc2ccc(-c3ccccc3C(=O)O)o2)CC1. The van der Waals surface area contributed by atoms with Gasteiger partial charge in [-0.3, -0.25) is 10.00 Å². The second-order valence-corrected chi connectivity index (χ2v) is 7.13. The van der Waals surface area contributed by atoms with Gasteiger partial charge in [0.25, 0.3) is 0 Å². The first-order valence-electron chi connectivity index (χ1n) is 9.25. The van der Waals surface area contributed by atoms with E-state index in [2.05, 4.69) is 22.0 Å². The van der Waals surface area contributed by atoms with E-state index in [0.29, 0.717) is 17.2 Å². The number of carboxylic acid groups (broad SMARTS) is 1. The molecule has 0 unspecified atom stereocenters. The van der Waals surface area contributed by atoms with E-state index >= 15 is 0 Å². The normalized spacial score (nSPS) is 15.9. The van der Waals surface area contributed by atoms with E-state index in [1.165, 1.54) is 11.3 Å². The number of furan rings is 1. The third-order valence-electron chi connectivity index (χ3n) is 5.33. The van der Waals surface area contributed by atoms with Crippen molar-refractivity contribution in [3.05, 3.63) is 65.2 Å². The number of hydrogen-bond acceptors (Lipinski definition) is 4. The fourth-order valence-electron chi connectivity index (χ4n) is 3.86. The number of aromatic carboxylic acids is 1. The van der Waals surface area contributed by atoms with Gasteiger partial charge in [-0.1, -0.05) is 18.2 Å². The minimum Gasteiger partial charge on any atom is -0.478 e. The first-order chi connectivity index (χ1) is 13.1. The van der Waals surface area contributed by atoms with E-state index < -0.39 is 5.97 Å². The van der Waals surface area contributed by atoms with Crippen molar-refractivity contribution in [1.29, 1.82) is 0 Å². The Bertz CT molecular complexity index is 936. The van der Waals surface area contributed by atoms with Crippen LogP contribution in [0.25, 0.3) is 11.3 Å². The summed E-state index contributed by atoms with van der Waals surface area (Å²) in [5.41, 5.74) is 3.38. The average Bonchev–Trinajstić information content (AvgIpc) is 3.31. The van der Waals surface area contributed by atoms with Crippen molar-refractivity contribution < 1.29 is 14.3 Å². The molecular weight excluding hydrogens is 342 g/mol. The fraction of sp³-hybridized carbons (Fsp3) is 0.333. The highest BCUT2D eigenvalue weighted by atomic mass is 16.4. The molecule has 3 heterocycles. The minimum atomic E-state index is -0.945. The highest BCUT2D eigenvalue weighted by Gasteiger charge is 2.23. The summed E-state index contributed by atoms with van der Waals surface area (Å²) in [6.07, 6.45) is 4.08. The summed E-state index contributed by atoms with van der Waals surface area (Å²) in [5.74, 6) is 1.06. The predicted molar refractivity (Wildman–Crippen MR) is 102 cm³/mol. The van der Waals surface area contributed by atoms with Crippen LogP contribution in [0.15, 0.2) is 47.0 Å². The lowest BCUT2D eigenvalue weighted by Crippen LogP contribution is -2.32. The number of hydrogen-bond donors (Lipinski definition) is 2. The van der Waals surface area contributed by atoms with Gasteiger partial charge in [-0.15, -0.1) is 0 Å². The van der Waals surface area contributed by atoms with Gasteiger partial charge in [-0.05, 0) is 56.6 Å². The molecule has 0 radical (unpaired) electrons. The molecule has 0 saturated carbocycles. The van der Waals surface area contributed by atoms with E-state index in [4.69, 9.17) is 4.42 Å². The van der Waals surface area contributed by atoms with Crippen molar-refractivity contribution in [2.45, 2.75) is 32.2 Å². The number of benzene rings is 1. The van der Waals surface area contributed by atoms with E-state index in [0.717, 1.165) is 38.2 Å². The quantitative estimate of drug-likeness (QED) is 0.713. The molecule has 1 aliphatic rings. The van der Waals surface area contributed by atoms with Crippen molar-refractivity contribution in [3.63, 3.8) is 0 Å². The van der Waals surface area contributed by atoms with Gasteiger partial charge in [0.15, 0.2) is 0 Å². The number of aryl methyl sites for hydroxylation is 1. The zero-order valence-electron chi connectivity index (χ0n) is 15.3. The van der Waals surface area contributed by atoms with Gasteiger partial charge in [0.2, 0.25) is 0 Å². The number of carboxylic acids is 1. The Balaban J connectivity index is 1.41. The standard InChI is InChI=1S/C21H23N3O3/c1-14-12-22-23-20(14)15-8-10-24(11-9-15)13-16-6-7-19(27-16)17-4-2-3-5-18(17)21(25)26/h2-7,12,15H,8-11,13H2,1H3,(H,22,23)(H,25,26). The van der Waals surface area contributed by atoms with E-state index in [9.17, 15) is 9.90 Å². The first-order valence-corrected chi connectivity index (χ1v) is 9.25. The van der Waals surface area contributed by atoms with Crippen molar-refractivity contribution >= 4 is 5.97 Å². The molecule has 3 aromatic rings. The molecule has 1 aliphatic heterocycles. The lowest BCUT2D eigenvalue weighted by Gasteiger charge is -2.31. The third-order valence-corrected chi connectivity index (χ3v) is 5.33. The topological polar surface area (TPSA) is 82.4 Å². The van der Waals surface area contributed by atoms with Crippen LogP contribution in [0.4, 0.5) is 0 Å². The number of aromatic nitrogens is 2. The molecule has 0 aliphatic carbocycles. The molecule has 6 nitrogen and oxygen atoms in total. The molecule has 140 valence electrons. The van der Waals surface area contributed by atoms with Crippen LogP contribution in [-0.4, -0.2) is 39.3 Å². The average molecular weight is 365 g/mol. The van der Waals surface area contributed by atoms with Gasteiger partial charge in [0, 0.05) is 17.2 Å². The number of H-pyrrole nitrogens is 1. The second kappa shape index (κ2) is 7.40. The number of rotatable bonds is 5. The Hall–Kier alpha value is -2.86. The molecule has 1 aromatic carbocycles. The van der Waals surface area contributed by atoms with Crippen LogP contribution < -0.4 is 0 Å². The van der Waals surface area contributed by atoms with Crippen molar-refractivity contribution in [3.8, 4) is 11.3 Å². The van der Waals surface area contributed by atoms with Crippen LogP contribution in [0.1, 0.15) is 46.1 Å². The zero-order valence-corrected chi connectivity index (χ0v) is 15.3. The van der Waals surface area contributed by atoms with Crippen molar-refractivity contribution in [2.75, 3.05) is 13.1 Å². The summed E-state index contributed by atoms with van der Waals surface area (Å²) in [4.78, 5) is 13.8. The van der Waals surface area contributed by atoms with E-state index in [-0.39, 0.29) is 5.56 Å². The molecule has 1 fully saturated rings. The number of aromatic amines is 1. The molecule has 0 atom stereocenters. The minimum absolute atomic E-state index is 0.258. The summed E-state index contributed by atoms with van der Waals surface area (Å²) in [7, 11) is 0. The van der Waals surface area contributed by atoms with Crippen LogP contribution in [-0.2, 0) is 6.54 Å². The van der Waals surface area contributed by atoms with Gasteiger partial charge in [0.1, 0.15) is 11.5 Å². The summed E-state index contributed by atoms with van der Waals surface area (Å²) in [5, 5.41) is 16.6. The molecule has 2 aromatic heterocycles. The van der Waals surface area contributed by atoms with Crippen LogP contribution in [0.2, 0.25) is 0 Å². The summed E-state index contributed by atoms with van der Waals surface area (Å²) in [6.45, 7) is 4.85. The molecule has 0 bridgehead atoms. The van der Waals surface area contributed by atoms with Crippen LogP contribution in [0, 0.1) is 6.92 Å². The first kappa shape index (κ1) is 17.5. The maximum atomic E-state index is 11.4. The lowest BCUT2D eigenvalue weighted by molar-refractivity contribution is 0.0697. The predicted octanol–water partition coefficient (Wildman–Crippen LogP) is 4.06. The number of nitrogens with zero attached hydrogens (tertiary/aromatic N) is 2. The maximum Gasteiger partial charge on any atom is 0.336 e. The second-order valence-electron chi connectivity index (χ2n) is 7.13. The largest absolute Gasteiger partial charge is 0.478 e. The Morgan fingerprint density at radius 1 is 1.26 bits per heavy atom. The Labute approximate surface area is 157 Å². The van der Waals surface area contributed by atoms with Crippen molar-refractivity contribution in [1.82, 2.24) is 15.1 Å². The zero-order chi connectivity index (χ0) is 18.8. The van der Waals surface area contributed by atoms with Crippen molar-refractivity contribution in [2.24, 2.45) is 0 Å². The monoisotopic (exact) mass is 365 g/mol. The Kier molecular flexibility index (Phi) is 4.81. The Morgan fingerprint density at radius 2 is 2.04 bits per heavy atom. The van der Waals surface area contributed by atoms with Gasteiger partial charge in [-0.25, -0.2) is 4.79 Å². The Morgan fingerprint density at radius 3 is 2.74 bits per heavy atom. The lowest BCUT2D eigenvalue weighted by atomic mass is 9.92. The molecular formula is C21H23N3O3. The summed E-state index contributed by atoms with van der Waals surface area (Å²) in [6, 6.07) is 10.7. The van der Waals surface area contributed by atoms with Gasteiger partial charge in [0.05, 0.1) is 18.3 Å². The molecule has 1 saturated heterocycles.